The van der Waals surface area contributed by atoms with Gasteiger partial charge < -0.3 is 9.64 Å². The van der Waals surface area contributed by atoms with Gasteiger partial charge in [0, 0.05) is 43.0 Å². The average Bonchev–Trinajstić information content (AvgIpc) is 2.89. The molecule has 208 valence electrons. The van der Waals surface area contributed by atoms with Crippen molar-refractivity contribution in [2.45, 2.75) is 56.5 Å². The third-order valence-corrected chi connectivity index (χ3v) is 9.60. The molecule has 11 heteroatoms. The molecule has 38 heavy (non-hydrogen) atoms. The van der Waals surface area contributed by atoms with Crippen LogP contribution in [0, 0.1) is 12.3 Å². The summed E-state index contributed by atoms with van der Waals surface area (Å²) in [5.41, 5.74) is -1.04. The van der Waals surface area contributed by atoms with Gasteiger partial charge in [-0.3, -0.25) is 4.79 Å². The van der Waals surface area contributed by atoms with E-state index in [0.29, 0.717) is 42.8 Å². The van der Waals surface area contributed by atoms with E-state index < -0.39 is 32.1 Å². The predicted octanol–water partition coefficient (Wildman–Crippen LogP) is 5.92. The van der Waals surface area contributed by atoms with Crippen LogP contribution < -0.4 is 4.74 Å². The number of ether oxygens (including phenoxy) is 1. The van der Waals surface area contributed by atoms with Gasteiger partial charge in [-0.1, -0.05) is 17.7 Å². The Morgan fingerprint density at radius 3 is 2.47 bits per heavy atom. The Labute approximate surface area is 226 Å². The molecule has 2 aliphatic heterocycles. The Kier molecular flexibility index (Phi) is 8.64. The van der Waals surface area contributed by atoms with Gasteiger partial charge in [-0.15, -0.1) is 0 Å². The molecule has 2 aromatic rings. The SMILES string of the molecule is Cc1cc(OC[C@]2(CC(=O)N3CCCCC3)CCCN(S(=O)(=O)c3cccc(C(F)(F)F)c3)C2)ccc1Cl. The minimum atomic E-state index is -4.66. The lowest BCUT2D eigenvalue weighted by Crippen LogP contribution is -2.51. The van der Waals surface area contributed by atoms with Crippen molar-refractivity contribution in [2.75, 3.05) is 32.8 Å². The van der Waals surface area contributed by atoms with E-state index in [0.717, 1.165) is 37.0 Å². The maximum absolute atomic E-state index is 13.5. The van der Waals surface area contributed by atoms with Crippen LogP contribution in [-0.2, 0) is 21.0 Å². The van der Waals surface area contributed by atoms with Crippen LogP contribution in [0.25, 0.3) is 0 Å². The molecule has 0 saturated carbocycles. The number of hydrogen-bond acceptors (Lipinski definition) is 4. The molecule has 0 radical (unpaired) electrons. The summed E-state index contributed by atoms with van der Waals surface area (Å²) in [4.78, 5) is 14.7. The number of aryl methyl sites for hydroxylation is 1. The number of alkyl halides is 3. The Bertz CT molecular complexity index is 1270. The highest BCUT2D eigenvalue weighted by Gasteiger charge is 2.43. The number of amides is 1. The van der Waals surface area contributed by atoms with Crippen molar-refractivity contribution in [3.63, 3.8) is 0 Å². The van der Waals surface area contributed by atoms with E-state index in [1.807, 2.05) is 11.8 Å². The zero-order chi connectivity index (χ0) is 27.6. The minimum absolute atomic E-state index is 0.0300. The van der Waals surface area contributed by atoms with Crippen molar-refractivity contribution in [1.82, 2.24) is 9.21 Å². The van der Waals surface area contributed by atoms with Gasteiger partial charge >= 0.3 is 6.18 Å². The van der Waals surface area contributed by atoms with Gasteiger partial charge in [0.1, 0.15) is 5.75 Å². The zero-order valence-electron chi connectivity index (χ0n) is 21.3. The predicted molar refractivity (Wildman–Crippen MR) is 139 cm³/mol. The van der Waals surface area contributed by atoms with Gasteiger partial charge in [0.25, 0.3) is 0 Å². The smallest absolute Gasteiger partial charge is 0.416 e. The van der Waals surface area contributed by atoms with Gasteiger partial charge in [-0.25, -0.2) is 8.42 Å². The summed E-state index contributed by atoms with van der Waals surface area (Å²) < 4.78 is 74.2. The standard InChI is InChI=1S/C27H32ClF3N2O4S/c1-20-15-22(9-10-24(20)28)37-19-26(17-25(34)32-12-3-2-4-13-32)11-6-14-33(18-26)38(35,36)23-8-5-7-21(16-23)27(29,30)31/h5,7-10,15-16H,2-4,6,11-14,17-19H2,1H3/t26-/m0/s1. The van der Waals surface area contributed by atoms with Crippen molar-refractivity contribution in [3.05, 3.63) is 58.6 Å². The van der Waals surface area contributed by atoms with E-state index in [9.17, 15) is 26.4 Å². The molecular weight excluding hydrogens is 541 g/mol. The molecule has 2 fully saturated rings. The second-order valence-electron chi connectivity index (χ2n) is 10.3. The number of nitrogens with zero attached hydrogens (tertiary/aromatic N) is 2. The molecule has 0 aliphatic carbocycles. The number of halogens is 4. The van der Waals surface area contributed by atoms with Crippen LogP contribution in [0.15, 0.2) is 47.4 Å². The lowest BCUT2D eigenvalue weighted by atomic mass is 9.78. The Balaban J connectivity index is 1.61. The molecule has 6 nitrogen and oxygen atoms in total. The highest BCUT2D eigenvalue weighted by Crippen LogP contribution is 2.39. The summed E-state index contributed by atoms with van der Waals surface area (Å²) in [6, 6.07) is 8.99. The quantitative estimate of drug-likeness (QED) is 0.413. The third kappa shape index (κ3) is 6.63. The number of hydrogen-bond donors (Lipinski definition) is 0. The molecule has 1 atom stereocenters. The molecule has 0 aromatic heterocycles. The topological polar surface area (TPSA) is 66.9 Å². The van der Waals surface area contributed by atoms with Crippen LogP contribution in [-0.4, -0.2) is 56.3 Å². The second-order valence-corrected chi connectivity index (χ2v) is 12.6. The highest BCUT2D eigenvalue weighted by atomic mass is 35.5. The molecule has 0 N–H and O–H groups in total. The Morgan fingerprint density at radius 2 is 1.79 bits per heavy atom. The Morgan fingerprint density at radius 1 is 1.05 bits per heavy atom. The number of likely N-dealkylation sites (tertiary alicyclic amines) is 1. The first kappa shape index (κ1) is 28.7. The minimum Gasteiger partial charge on any atom is -0.493 e. The number of piperidine rings is 2. The number of benzene rings is 2. The van der Waals surface area contributed by atoms with Gasteiger partial charge in [0.2, 0.25) is 15.9 Å². The number of carbonyl (C=O) groups excluding carboxylic acids is 1. The fraction of sp³-hybridized carbons (Fsp3) is 0.519. The van der Waals surface area contributed by atoms with Crippen LogP contribution in [0.2, 0.25) is 5.02 Å². The van der Waals surface area contributed by atoms with Crippen LogP contribution in [0.3, 0.4) is 0 Å². The molecule has 2 aromatic carbocycles. The molecule has 0 spiro atoms. The lowest BCUT2D eigenvalue weighted by molar-refractivity contribution is -0.138. The first-order valence-corrected chi connectivity index (χ1v) is 14.6. The fourth-order valence-corrected chi connectivity index (χ4v) is 6.94. The van der Waals surface area contributed by atoms with Crippen LogP contribution in [0.1, 0.15) is 49.7 Å². The highest BCUT2D eigenvalue weighted by molar-refractivity contribution is 7.89. The number of carbonyl (C=O) groups is 1. The molecule has 2 heterocycles. The van der Waals surface area contributed by atoms with E-state index in [2.05, 4.69) is 0 Å². The maximum Gasteiger partial charge on any atom is 0.416 e. The van der Waals surface area contributed by atoms with Gasteiger partial charge in [0.05, 0.1) is 17.1 Å². The summed E-state index contributed by atoms with van der Waals surface area (Å²) >= 11 is 6.13. The van der Waals surface area contributed by atoms with E-state index in [1.165, 1.54) is 10.4 Å². The molecule has 0 unspecified atom stereocenters. The fourth-order valence-electron chi connectivity index (χ4n) is 5.18. The molecule has 0 bridgehead atoms. The van der Waals surface area contributed by atoms with E-state index in [-0.39, 0.29) is 32.0 Å². The summed E-state index contributed by atoms with van der Waals surface area (Å²) in [6.45, 7) is 3.38. The molecule has 2 aliphatic rings. The third-order valence-electron chi connectivity index (χ3n) is 7.33. The normalized spacial score (nSPS) is 21.3. The average molecular weight is 573 g/mol. The van der Waals surface area contributed by atoms with Crippen LogP contribution >= 0.6 is 11.6 Å². The van der Waals surface area contributed by atoms with Crippen molar-refractivity contribution in [3.8, 4) is 5.75 Å². The van der Waals surface area contributed by atoms with Crippen molar-refractivity contribution in [1.29, 1.82) is 0 Å². The van der Waals surface area contributed by atoms with Gasteiger partial charge in [-0.05, 0) is 81.0 Å². The molecular formula is C27H32ClF3N2O4S. The summed E-state index contributed by atoms with van der Waals surface area (Å²) in [5, 5.41) is 0.586. The first-order chi connectivity index (χ1) is 17.9. The van der Waals surface area contributed by atoms with E-state index >= 15 is 0 Å². The largest absolute Gasteiger partial charge is 0.493 e. The van der Waals surface area contributed by atoms with Crippen molar-refractivity contribution in [2.24, 2.45) is 5.41 Å². The summed E-state index contributed by atoms with van der Waals surface area (Å²) in [7, 11) is -4.24. The van der Waals surface area contributed by atoms with Crippen LogP contribution in [0.5, 0.6) is 5.75 Å². The Hall–Kier alpha value is -2.30. The lowest BCUT2D eigenvalue weighted by Gasteiger charge is -2.42. The molecule has 2 saturated heterocycles. The van der Waals surface area contributed by atoms with E-state index in [4.69, 9.17) is 16.3 Å². The second kappa shape index (κ2) is 11.4. The monoisotopic (exact) mass is 572 g/mol. The van der Waals surface area contributed by atoms with Crippen molar-refractivity contribution >= 4 is 27.5 Å². The molecule has 4 rings (SSSR count). The molecule has 1 amide bonds. The number of sulfonamides is 1. The zero-order valence-corrected chi connectivity index (χ0v) is 22.8. The summed E-state index contributed by atoms with van der Waals surface area (Å²) in [5.74, 6) is 0.494. The van der Waals surface area contributed by atoms with Crippen molar-refractivity contribution < 1.29 is 31.1 Å². The van der Waals surface area contributed by atoms with E-state index in [1.54, 1.807) is 18.2 Å². The summed E-state index contributed by atoms with van der Waals surface area (Å²) in [6.07, 6.45) is -0.652. The maximum atomic E-state index is 13.5. The van der Waals surface area contributed by atoms with Gasteiger partial charge in [-0.2, -0.15) is 17.5 Å². The van der Waals surface area contributed by atoms with Gasteiger partial charge in [0.15, 0.2) is 0 Å². The van der Waals surface area contributed by atoms with Crippen LogP contribution in [0.4, 0.5) is 13.2 Å². The first-order valence-electron chi connectivity index (χ1n) is 12.7. The number of rotatable bonds is 7.